The van der Waals surface area contributed by atoms with Crippen molar-refractivity contribution >= 4 is 17.8 Å². The van der Waals surface area contributed by atoms with Crippen molar-refractivity contribution in [2.24, 2.45) is 5.92 Å². The predicted molar refractivity (Wildman–Crippen MR) is 208 cm³/mol. The molecule has 0 spiro atoms. The average Bonchev–Trinajstić information content (AvgIpc) is 3.07. The Morgan fingerprint density at radius 3 is 1.24 bits per heavy atom. The molecule has 0 saturated carbocycles. The van der Waals surface area contributed by atoms with Gasteiger partial charge in [-0.05, 0) is 25.2 Å². The van der Waals surface area contributed by atoms with Crippen LogP contribution in [0, 0.1) is 5.92 Å². The van der Waals surface area contributed by atoms with E-state index in [0.29, 0.717) is 13.0 Å². The minimum Gasteiger partial charge on any atom is -0.481 e. The molecule has 1 amide bonds. The third-order valence-electron chi connectivity index (χ3n) is 9.94. The van der Waals surface area contributed by atoms with Gasteiger partial charge in [-0.2, -0.15) is 0 Å². The lowest BCUT2D eigenvalue weighted by atomic mass is 10.0. The molecule has 0 saturated heterocycles. The number of carbonyl (C=O) groups is 3. The Labute approximate surface area is 304 Å². The second-order valence-electron chi connectivity index (χ2n) is 15.4. The maximum absolute atomic E-state index is 12.7. The largest absolute Gasteiger partial charge is 0.481 e. The summed E-state index contributed by atoms with van der Waals surface area (Å²) in [6.07, 6.45) is 40.0. The number of carbonyl (C=O) groups excluding carboxylic acids is 2. The summed E-state index contributed by atoms with van der Waals surface area (Å²) < 4.78 is 5.45. The summed E-state index contributed by atoms with van der Waals surface area (Å²) in [5, 5.41) is 11.9. The number of carboxylic acid groups (broad SMARTS) is 1. The average molecular weight is 694 g/mol. The first kappa shape index (κ1) is 47.4. The van der Waals surface area contributed by atoms with Crippen molar-refractivity contribution in [1.82, 2.24) is 5.32 Å². The summed E-state index contributed by atoms with van der Waals surface area (Å²) in [5.74, 6) is -0.825. The van der Waals surface area contributed by atoms with E-state index in [0.717, 1.165) is 44.4 Å². The molecule has 0 bridgehead atoms. The second kappa shape index (κ2) is 37.7. The molecule has 49 heavy (non-hydrogen) atoms. The zero-order chi connectivity index (χ0) is 36.0. The van der Waals surface area contributed by atoms with Crippen LogP contribution in [0.15, 0.2) is 0 Å². The molecule has 0 aliphatic carbocycles. The number of unbranched alkanes of at least 4 members (excludes halogenated alkanes) is 28. The zero-order valence-corrected chi connectivity index (χ0v) is 33.0. The van der Waals surface area contributed by atoms with Crippen LogP contribution in [0.2, 0.25) is 0 Å². The number of aliphatic carboxylic acids is 1. The van der Waals surface area contributed by atoms with Crippen molar-refractivity contribution in [3.8, 4) is 0 Å². The smallest absolute Gasteiger partial charge is 0.328 e. The third kappa shape index (κ3) is 37.5. The van der Waals surface area contributed by atoms with Crippen molar-refractivity contribution in [3.05, 3.63) is 0 Å². The van der Waals surface area contributed by atoms with Gasteiger partial charge in [-0.3, -0.25) is 9.59 Å². The molecule has 0 aromatic heterocycles. The molecule has 0 aromatic carbocycles. The highest BCUT2D eigenvalue weighted by Crippen LogP contribution is 2.16. The summed E-state index contributed by atoms with van der Waals surface area (Å²) in [4.78, 5) is 36.3. The van der Waals surface area contributed by atoms with Gasteiger partial charge in [-0.15, -0.1) is 0 Å². The molecule has 0 radical (unpaired) electrons. The van der Waals surface area contributed by atoms with Gasteiger partial charge in [0.2, 0.25) is 5.91 Å². The van der Waals surface area contributed by atoms with Crippen LogP contribution < -0.4 is 5.32 Å². The third-order valence-corrected chi connectivity index (χ3v) is 9.94. The minimum atomic E-state index is -0.975. The fraction of sp³-hybridized carbons (Fsp3) is 0.930. The first-order chi connectivity index (χ1) is 23.9. The van der Waals surface area contributed by atoms with E-state index in [1.54, 1.807) is 0 Å². The van der Waals surface area contributed by atoms with Gasteiger partial charge in [-0.25, -0.2) is 4.79 Å². The Morgan fingerprint density at radius 1 is 0.490 bits per heavy atom. The number of hydrogen-bond donors (Lipinski definition) is 2. The molecule has 0 aliphatic heterocycles. The van der Waals surface area contributed by atoms with Crippen LogP contribution in [-0.4, -0.2) is 35.6 Å². The number of hydrogen-bond acceptors (Lipinski definition) is 4. The molecule has 0 aromatic rings. The monoisotopic (exact) mass is 694 g/mol. The Hall–Kier alpha value is -1.59. The summed E-state index contributed by atoms with van der Waals surface area (Å²) in [7, 11) is 0. The summed E-state index contributed by atoms with van der Waals surface area (Å²) in [6, 6.07) is -0.880. The fourth-order valence-electron chi connectivity index (χ4n) is 6.67. The summed E-state index contributed by atoms with van der Waals surface area (Å²) in [6.45, 7) is 7.22. The Morgan fingerprint density at radius 2 is 0.857 bits per heavy atom. The highest BCUT2D eigenvalue weighted by molar-refractivity contribution is 5.84. The number of carboxylic acids is 1. The van der Waals surface area contributed by atoms with Crippen LogP contribution in [0.5, 0.6) is 0 Å². The molecule has 6 heteroatoms. The minimum absolute atomic E-state index is 0.0666. The van der Waals surface area contributed by atoms with Crippen molar-refractivity contribution in [1.29, 1.82) is 0 Å². The quantitative estimate of drug-likeness (QED) is 0.0494. The Kier molecular flexibility index (Phi) is 36.4. The fourth-order valence-corrected chi connectivity index (χ4v) is 6.67. The molecule has 6 nitrogen and oxygen atoms in total. The number of ether oxygens (including phenoxy) is 1. The molecular formula is C43H83NO5. The van der Waals surface area contributed by atoms with Gasteiger partial charge < -0.3 is 15.2 Å². The van der Waals surface area contributed by atoms with Crippen LogP contribution in [0.1, 0.15) is 239 Å². The highest BCUT2D eigenvalue weighted by atomic mass is 16.5. The molecule has 0 fully saturated rings. The maximum atomic E-state index is 12.7. The second-order valence-corrected chi connectivity index (χ2v) is 15.4. The molecule has 0 rings (SSSR count). The number of esters is 1. The van der Waals surface area contributed by atoms with E-state index in [2.05, 4.69) is 26.1 Å². The van der Waals surface area contributed by atoms with Gasteiger partial charge in [0.1, 0.15) is 6.04 Å². The standard InChI is InChI=1S/C43H83NO5/c1-4-5-6-7-8-9-10-11-12-13-14-17-20-23-26-29-32-35-41(45)44-40(36-37-42(46)47)43(48)49-38-33-30-27-24-21-18-15-16-19-22-25-28-31-34-39(2)3/h39-40H,4-38H2,1-3H3,(H,44,45)(H,46,47)/t40-/m0/s1. The van der Waals surface area contributed by atoms with Gasteiger partial charge in [0, 0.05) is 12.8 Å². The molecule has 0 aliphatic rings. The van der Waals surface area contributed by atoms with Crippen LogP contribution in [0.3, 0.4) is 0 Å². The van der Waals surface area contributed by atoms with E-state index in [4.69, 9.17) is 9.84 Å². The van der Waals surface area contributed by atoms with E-state index >= 15 is 0 Å². The van der Waals surface area contributed by atoms with Crippen molar-refractivity contribution < 1.29 is 24.2 Å². The molecule has 2 N–H and O–H groups in total. The number of amides is 1. The van der Waals surface area contributed by atoms with E-state index < -0.39 is 18.0 Å². The van der Waals surface area contributed by atoms with E-state index in [1.165, 1.54) is 161 Å². The van der Waals surface area contributed by atoms with Crippen LogP contribution >= 0.6 is 0 Å². The molecule has 0 unspecified atom stereocenters. The topological polar surface area (TPSA) is 92.7 Å². The van der Waals surface area contributed by atoms with E-state index in [1.807, 2.05) is 0 Å². The van der Waals surface area contributed by atoms with Gasteiger partial charge in [-0.1, -0.05) is 207 Å². The van der Waals surface area contributed by atoms with E-state index in [-0.39, 0.29) is 18.7 Å². The summed E-state index contributed by atoms with van der Waals surface area (Å²) in [5.41, 5.74) is 0. The SMILES string of the molecule is CCCCCCCCCCCCCCCCCCCC(=O)N[C@@H](CCC(=O)O)C(=O)OCCCCCCCCCCCCCCCC(C)C. The van der Waals surface area contributed by atoms with Crippen molar-refractivity contribution in [2.75, 3.05) is 6.61 Å². The van der Waals surface area contributed by atoms with Gasteiger partial charge in [0.15, 0.2) is 0 Å². The first-order valence-corrected chi connectivity index (χ1v) is 21.5. The Balaban J connectivity index is 3.78. The number of nitrogens with one attached hydrogen (secondary N) is 1. The van der Waals surface area contributed by atoms with Crippen LogP contribution in [0.25, 0.3) is 0 Å². The zero-order valence-electron chi connectivity index (χ0n) is 33.0. The van der Waals surface area contributed by atoms with Gasteiger partial charge in [0.25, 0.3) is 0 Å². The molecule has 0 heterocycles. The van der Waals surface area contributed by atoms with Gasteiger partial charge >= 0.3 is 11.9 Å². The normalized spacial score (nSPS) is 12.0. The lowest BCUT2D eigenvalue weighted by molar-refractivity contribution is -0.148. The van der Waals surface area contributed by atoms with Crippen LogP contribution in [0.4, 0.5) is 0 Å². The lowest BCUT2D eigenvalue weighted by Gasteiger charge is -2.17. The summed E-state index contributed by atoms with van der Waals surface area (Å²) >= 11 is 0. The van der Waals surface area contributed by atoms with E-state index in [9.17, 15) is 14.4 Å². The highest BCUT2D eigenvalue weighted by Gasteiger charge is 2.23. The van der Waals surface area contributed by atoms with Crippen molar-refractivity contribution in [3.63, 3.8) is 0 Å². The maximum Gasteiger partial charge on any atom is 0.328 e. The first-order valence-electron chi connectivity index (χ1n) is 21.5. The number of rotatable bonds is 39. The lowest BCUT2D eigenvalue weighted by Crippen LogP contribution is -2.42. The van der Waals surface area contributed by atoms with Gasteiger partial charge in [0.05, 0.1) is 6.61 Å². The van der Waals surface area contributed by atoms with Crippen LogP contribution in [-0.2, 0) is 19.1 Å². The molecule has 290 valence electrons. The molecular weight excluding hydrogens is 610 g/mol. The molecule has 1 atom stereocenters. The Bertz CT molecular complexity index is 740. The predicted octanol–water partition coefficient (Wildman–Crippen LogP) is 13.0. The van der Waals surface area contributed by atoms with Crippen molar-refractivity contribution in [2.45, 2.75) is 245 Å².